The van der Waals surface area contributed by atoms with Gasteiger partial charge in [-0.05, 0) is 36.6 Å². The summed E-state index contributed by atoms with van der Waals surface area (Å²) in [6, 6.07) is 4.23. The maximum Gasteiger partial charge on any atom is 0.416 e. The van der Waals surface area contributed by atoms with Gasteiger partial charge >= 0.3 is 6.18 Å². The number of thioether (sulfide) groups is 1. The fraction of sp³-hybridized carbons (Fsp3) is 0.500. The molecule has 5 N–H and O–H groups in total. The summed E-state index contributed by atoms with van der Waals surface area (Å²) in [5.74, 6) is -4.75. The molecular formula is C28H31F6N5O7S2. The Bertz CT molecular complexity index is 1700. The lowest BCUT2D eigenvalue weighted by molar-refractivity contribution is -0.179. The van der Waals surface area contributed by atoms with Crippen LogP contribution in [0.15, 0.2) is 42.6 Å². The third kappa shape index (κ3) is 7.08. The highest BCUT2D eigenvalue weighted by Gasteiger charge is 2.52. The molecule has 0 saturated carbocycles. The van der Waals surface area contributed by atoms with E-state index in [-0.39, 0.29) is 42.8 Å². The summed E-state index contributed by atoms with van der Waals surface area (Å²) >= 11 is 0.575. The van der Waals surface area contributed by atoms with Crippen LogP contribution >= 0.6 is 11.8 Å². The van der Waals surface area contributed by atoms with Crippen LogP contribution in [-0.4, -0.2) is 104 Å². The molecule has 0 spiro atoms. The van der Waals surface area contributed by atoms with Gasteiger partial charge in [0.1, 0.15) is 35.5 Å². The number of hydrogen-bond acceptors (Lipinski definition) is 10. The fourth-order valence-corrected chi connectivity index (χ4v) is 8.42. The molecule has 3 aromatic rings. The summed E-state index contributed by atoms with van der Waals surface area (Å²) in [6.45, 7) is -1.35. The van der Waals surface area contributed by atoms with Gasteiger partial charge in [0.05, 0.1) is 29.2 Å². The van der Waals surface area contributed by atoms with Crippen molar-refractivity contribution in [3.63, 3.8) is 0 Å². The molecule has 2 saturated heterocycles. The topological polar surface area (TPSA) is 170 Å². The number of halogens is 6. The van der Waals surface area contributed by atoms with Gasteiger partial charge in [0, 0.05) is 25.7 Å². The SMILES string of the molecule is CNS(=O)(=O)N1CCC(O)(C(S[C@@H]2O[C@H](CO)[C@H](O)[C@H](n3cc(-c4cc(F)c(F)c(F)c4)nn3)[C@H]2O)c2ccccc2C(F)(F)F)CC1. The summed E-state index contributed by atoms with van der Waals surface area (Å²) in [7, 11) is -2.73. The zero-order valence-electron chi connectivity index (χ0n) is 24.9. The Morgan fingerprint density at radius 1 is 1.10 bits per heavy atom. The van der Waals surface area contributed by atoms with Gasteiger partial charge in [-0.15, -0.1) is 16.9 Å². The number of hydrogen-bond donors (Lipinski definition) is 5. The number of ether oxygens (including phenoxy) is 1. The molecule has 5 rings (SSSR count). The first-order valence-corrected chi connectivity index (χ1v) is 16.8. The highest BCUT2D eigenvalue weighted by atomic mass is 32.2. The van der Waals surface area contributed by atoms with E-state index in [1.54, 1.807) is 0 Å². The molecule has 6 atom stereocenters. The van der Waals surface area contributed by atoms with Crippen molar-refractivity contribution in [3.8, 4) is 11.3 Å². The quantitative estimate of drug-likeness (QED) is 0.163. The van der Waals surface area contributed by atoms with Crippen molar-refractivity contribution >= 4 is 22.0 Å². The van der Waals surface area contributed by atoms with Crippen molar-refractivity contribution in [1.29, 1.82) is 0 Å². The number of piperidine rings is 1. The standard InChI is InChI=1S/C28H31F6N5O7S2/c1-35-48(44,45)38-8-6-27(43,7-9-38)25(15-4-2-3-5-16(15)28(32,33)34)47-26-24(42)22(23(41)20(13-40)46-26)39-12-19(36-37-39)14-10-17(29)21(31)18(30)11-14/h2-5,10-12,20,22-26,35,40-43H,6-9,13H2,1H3/t20-,22+,23+,24-,25?,26+/m1/s1. The van der Waals surface area contributed by atoms with Gasteiger partial charge < -0.3 is 25.2 Å². The molecule has 1 aromatic heterocycles. The van der Waals surface area contributed by atoms with Crippen LogP contribution in [-0.2, 0) is 21.1 Å². The molecule has 264 valence electrons. The van der Waals surface area contributed by atoms with Gasteiger partial charge in [-0.3, -0.25) is 0 Å². The van der Waals surface area contributed by atoms with Gasteiger partial charge in [0.25, 0.3) is 10.2 Å². The van der Waals surface area contributed by atoms with Crippen LogP contribution in [0.5, 0.6) is 0 Å². The van der Waals surface area contributed by atoms with E-state index in [0.717, 1.165) is 33.4 Å². The van der Waals surface area contributed by atoms with Crippen molar-refractivity contribution in [2.45, 2.75) is 59.7 Å². The largest absolute Gasteiger partial charge is 0.416 e. The number of nitrogens with one attached hydrogen (secondary N) is 1. The van der Waals surface area contributed by atoms with Crippen molar-refractivity contribution in [2.24, 2.45) is 0 Å². The highest BCUT2D eigenvalue weighted by Crippen LogP contribution is 2.52. The summed E-state index contributed by atoms with van der Waals surface area (Å²) in [4.78, 5) is 0. The average molecular weight is 728 g/mol. The number of benzene rings is 2. The minimum absolute atomic E-state index is 0.196. The van der Waals surface area contributed by atoms with Gasteiger partial charge in [-0.1, -0.05) is 23.4 Å². The number of aliphatic hydroxyl groups is 4. The Labute approximate surface area is 274 Å². The molecule has 0 bridgehead atoms. The number of alkyl halides is 3. The highest BCUT2D eigenvalue weighted by molar-refractivity contribution is 8.00. The minimum atomic E-state index is -4.88. The predicted octanol–water partition coefficient (Wildman–Crippen LogP) is 2.13. The van der Waals surface area contributed by atoms with Crippen LogP contribution < -0.4 is 4.72 Å². The Hall–Kier alpha value is -2.82. The van der Waals surface area contributed by atoms with Crippen LogP contribution in [0.25, 0.3) is 11.3 Å². The van der Waals surface area contributed by atoms with E-state index in [4.69, 9.17) is 4.74 Å². The van der Waals surface area contributed by atoms with Crippen LogP contribution in [0, 0.1) is 17.5 Å². The molecule has 3 heterocycles. The number of aromatic nitrogens is 3. The minimum Gasteiger partial charge on any atom is -0.394 e. The third-order valence-electron chi connectivity index (χ3n) is 8.44. The summed E-state index contributed by atoms with van der Waals surface area (Å²) in [5.41, 5.74) is -5.44. The molecule has 1 unspecified atom stereocenters. The second kappa shape index (κ2) is 13.8. The summed E-state index contributed by atoms with van der Waals surface area (Å²) in [6.07, 6.45) is -9.38. The lowest BCUT2D eigenvalue weighted by atomic mass is 9.84. The lowest BCUT2D eigenvalue weighted by Crippen LogP contribution is -2.56. The Morgan fingerprint density at radius 2 is 1.73 bits per heavy atom. The monoisotopic (exact) mass is 727 g/mol. The average Bonchev–Trinajstić information content (AvgIpc) is 3.53. The van der Waals surface area contributed by atoms with Crippen LogP contribution in [0.4, 0.5) is 26.3 Å². The zero-order valence-corrected chi connectivity index (χ0v) is 26.6. The second-order valence-corrected chi connectivity index (χ2v) is 14.4. The number of nitrogens with zero attached hydrogens (tertiary/aromatic N) is 4. The molecule has 2 fully saturated rings. The normalized spacial score (nSPS) is 26.0. The van der Waals surface area contributed by atoms with E-state index in [2.05, 4.69) is 15.0 Å². The molecule has 48 heavy (non-hydrogen) atoms. The molecule has 2 aliphatic heterocycles. The Balaban J connectivity index is 1.51. The molecule has 2 aromatic carbocycles. The van der Waals surface area contributed by atoms with Gasteiger partial charge in [-0.2, -0.15) is 25.9 Å². The molecule has 20 heteroatoms. The first-order chi connectivity index (χ1) is 22.5. The van der Waals surface area contributed by atoms with Crippen molar-refractivity contribution in [1.82, 2.24) is 24.0 Å². The van der Waals surface area contributed by atoms with Gasteiger partial charge in [0.15, 0.2) is 17.5 Å². The summed E-state index contributed by atoms with van der Waals surface area (Å²) in [5, 5.41) is 50.6. The number of aliphatic hydroxyl groups excluding tert-OH is 3. The molecule has 2 aliphatic rings. The van der Waals surface area contributed by atoms with E-state index in [1.807, 2.05) is 0 Å². The van der Waals surface area contributed by atoms with E-state index >= 15 is 0 Å². The summed E-state index contributed by atoms with van der Waals surface area (Å²) < 4.78 is 119. The van der Waals surface area contributed by atoms with Gasteiger partial charge in [0.2, 0.25) is 0 Å². The fourth-order valence-electron chi connectivity index (χ4n) is 5.86. The molecule has 0 radical (unpaired) electrons. The first-order valence-electron chi connectivity index (χ1n) is 14.4. The lowest BCUT2D eigenvalue weighted by Gasteiger charge is -2.47. The van der Waals surface area contributed by atoms with E-state index in [1.165, 1.54) is 13.1 Å². The molecule has 12 nitrogen and oxygen atoms in total. The Kier molecular flexibility index (Phi) is 10.5. The van der Waals surface area contributed by atoms with E-state index < -0.39 is 86.6 Å². The Morgan fingerprint density at radius 3 is 2.31 bits per heavy atom. The van der Waals surface area contributed by atoms with Crippen molar-refractivity contribution < 1.29 is 59.9 Å². The molecule has 0 aliphatic carbocycles. The maximum atomic E-state index is 14.3. The van der Waals surface area contributed by atoms with Crippen LogP contribution in [0.3, 0.4) is 0 Å². The van der Waals surface area contributed by atoms with E-state index in [9.17, 15) is 55.2 Å². The van der Waals surface area contributed by atoms with Crippen LogP contribution in [0.1, 0.15) is 35.3 Å². The third-order valence-corrected chi connectivity index (χ3v) is 11.6. The zero-order chi connectivity index (χ0) is 35.2. The smallest absolute Gasteiger partial charge is 0.394 e. The first kappa shape index (κ1) is 36.5. The van der Waals surface area contributed by atoms with Crippen molar-refractivity contribution in [2.75, 3.05) is 26.7 Å². The molecule has 0 amide bonds. The van der Waals surface area contributed by atoms with Gasteiger partial charge in [-0.25, -0.2) is 22.6 Å². The second-order valence-electron chi connectivity index (χ2n) is 11.3. The number of rotatable bonds is 9. The maximum absolute atomic E-state index is 14.3. The van der Waals surface area contributed by atoms with Crippen LogP contribution in [0.2, 0.25) is 0 Å². The molecular weight excluding hydrogens is 696 g/mol. The van der Waals surface area contributed by atoms with Crippen molar-refractivity contribution in [3.05, 3.63) is 71.2 Å². The van der Waals surface area contributed by atoms with E-state index in [0.29, 0.717) is 23.9 Å². The predicted molar refractivity (Wildman–Crippen MR) is 158 cm³/mol.